The van der Waals surface area contributed by atoms with Crippen molar-refractivity contribution in [2.24, 2.45) is 11.8 Å². The van der Waals surface area contributed by atoms with Gasteiger partial charge in [-0.25, -0.2) is 13.2 Å². The fraction of sp³-hybridized carbons (Fsp3) is 0.561. The second-order valence-corrected chi connectivity index (χ2v) is 16.2. The highest BCUT2D eigenvalue weighted by Crippen LogP contribution is 2.48. The Balaban J connectivity index is 1.12. The molecule has 5 aliphatic heterocycles. The van der Waals surface area contributed by atoms with Crippen molar-refractivity contribution in [3.8, 4) is 28.6 Å². The van der Waals surface area contributed by atoms with Crippen LogP contribution in [0.5, 0.6) is 17.5 Å². The minimum atomic E-state index is -1.02. The van der Waals surface area contributed by atoms with Crippen LogP contribution >= 0.6 is 0 Å². The van der Waals surface area contributed by atoms with Crippen molar-refractivity contribution < 1.29 is 27.8 Å². The van der Waals surface area contributed by atoms with E-state index in [4.69, 9.17) is 14.5 Å². The Morgan fingerprint density at radius 3 is 2.69 bits per heavy atom. The molecule has 54 heavy (non-hydrogen) atoms. The number of phenols is 1. The fourth-order valence-electron chi connectivity index (χ4n) is 9.77. The molecule has 4 aromatic rings. The van der Waals surface area contributed by atoms with Gasteiger partial charge in [-0.1, -0.05) is 25.1 Å². The van der Waals surface area contributed by atoms with Gasteiger partial charge < -0.3 is 39.9 Å². The Hall–Kier alpha value is -3.91. The van der Waals surface area contributed by atoms with E-state index in [0.29, 0.717) is 48.4 Å². The molecular weight excluding hydrogens is 695 g/mol. The average molecular weight is 746 g/mol. The molecule has 9 rings (SSSR count). The van der Waals surface area contributed by atoms with Crippen LogP contribution in [0, 0.1) is 23.5 Å². The van der Waals surface area contributed by atoms with Crippen molar-refractivity contribution in [1.82, 2.24) is 30.4 Å². The molecule has 3 N–H and O–H groups in total. The molecule has 4 fully saturated rings. The average Bonchev–Trinajstić information content (AvgIpc) is 3.46. The maximum absolute atomic E-state index is 17.4. The second-order valence-electron chi connectivity index (χ2n) is 16.2. The minimum absolute atomic E-state index is 0.0207. The van der Waals surface area contributed by atoms with Crippen molar-refractivity contribution in [3.63, 3.8) is 0 Å². The van der Waals surface area contributed by atoms with Gasteiger partial charge in [0.15, 0.2) is 17.4 Å². The van der Waals surface area contributed by atoms with Gasteiger partial charge in [0.05, 0.1) is 23.6 Å². The maximum Gasteiger partial charge on any atom is 0.319 e. The van der Waals surface area contributed by atoms with E-state index >= 15 is 13.2 Å². The van der Waals surface area contributed by atoms with E-state index in [1.165, 1.54) is 6.07 Å². The first-order valence-electron chi connectivity index (χ1n) is 19.8. The van der Waals surface area contributed by atoms with E-state index in [1.807, 2.05) is 25.1 Å². The highest BCUT2D eigenvalue weighted by Gasteiger charge is 2.45. The van der Waals surface area contributed by atoms with Gasteiger partial charge in [-0.05, 0) is 91.6 Å². The van der Waals surface area contributed by atoms with Gasteiger partial charge in [0, 0.05) is 57.9 Å². The highest BCUT2D eigenvalue weighted by atomic mass is 19.1. The first-order valence-corrected chi connectivity index (χ1v) is 19.8. The Kier molecular flexibility index (Phi) is 9.69. The standard InChI is InChI=1S/C41H50F3N7O3/c1-3-25-5-4-6-26-15-29(52)16-30(33(25)26)34-36(43)38-35-39(37(34)44)53-22-32-31-8-7-28(46-31)20-51(32)40(35)48-41(47-38)54-21-23-13-24(17-45-18-27(42)14-23)19-50-11-9-49(2)10-12-50/h4-6,15-16,23-24,27-28,31-32,45-46,52H,3,7-14,17-22H2,1-2H3/t23-,24+,27-,28?,31?,32?/m1/s1. The van der Waals surface area contributed by atoms with Gasteiger partial charge in [0.25, 0.3) is 0 Å². The van der Waals surface area contributed by atoms with E-state index in [-0.39, 0.29) is 76.8 Å². The molecule has 0 saturated carbocycles. The third-order valence-electron chi connectivity index (χ3n) is 12.5. The number of likely N-dealkylation sites (N-methyl/N-ethyl adjacent to an activating group) is 1. The number of hydrogen-bond acceptors (Lipinski definition) is 10. The summed E-state index contributed by atoms with van der Waals surface area (Å²) >= 11 is 0. The molecule has 6 atom stereocenters. The summed E-state index contributed by atoms with van der Waals surface area (Å²) in [6, 6.07) is 8.79. The zero-order valence-electron chi connectivity index (χ0n) is 31.1. The van der Waals surface area contributed by atoms with Crippen LogP contribution in [0.15, 0.2) is 30.3 Å². The number of nitrogens with one attached hydrogen (secondary N) is 2. The third kappa shape index (κ3) is 6.60. The third-order valence-corrected chi connectivity index (χ3v) is 12.5. The van der Waals surface area contributed by atoms with Crippen LogP contribution in [0.2, 0.25) is 0 Å². The molecule has 0 aliphatic carbocycles. The molecule has 13 heteroatoms. The molecule has 0 spiro atoms. The molecule has 3 aromatic carbocycles. The molecule has 0 radical (unpaired) electrons. The molecule has 288 valence electrons. The number of anilines is 1. The number of aromatic nitrogens is 2. The van der Waals surface area contributed by atoms with Crippen molar-refractivity contribution in [3.05, 3.63) is 47.5 Å². The lowest BCUT2D eigenvalue weighted by Crippen LogP contribution is -2.60. The number of hydrogen-bond donors (Lipinski definition) is 3. The van der Waals surface area contributed by atoms with Crippen LogP contribution in [0.3, 0.4) is 0 Å². The summed E-state index contributed by atoms with van der Waals surface area (Å²) in [5, 5.41) is 19.3. The lowest BCUT2D eigenvalue weighted by Gasteiger charge is -2.40. The van der Waals surface area contributed by atoms with E-state index in [9.17, 15) is 5.11 Å². The van der Waals surface area contributed by atoms with E-state index in [1.54, 1.807) is 6.07 Å². The lowest BCUT2D eigenvalue weighted by molar-refractivity contribution is 0.104. The zero-order chi connectivity index (χ0) is 37.1. The number of halogens is 3. The SMILES string of the molecule is CCc1cccc2cc(O)cc(-c3c(F)c4c5c(nc(OC[C@H]6C[C@@H](F)CNC[C@@H](CN7CCN(C)CC7)C6)nc5c3F)N3CC5CCC(N5)C3CO4)c12. The van der Waals surface area contributed by atoms with Gasteiger partial charge in [0.1, 0.15) is 29.9 Å². The summed E-state index contributed by atoms with van der Waals surface area (Å²) in [4.78, 5) is 16.5. The predicted molar refractivity (Wildman–Crippen MR) is 203 cm³/mol. The Morgan fingerprint density at radius 2 is 1.85 bits per heavy atom. The van der Waals surface area contributed by atoms with Gasteiger partial charge in [-0.15, -0.1) is 0 Å². The summed E-state index contributed by atoms with van der Waals surface area (Å²) < 4.78 is 62.3. The number of nitrogens with zero attached hydrogens (tertiary/aromatic N) is 5. The summed E-state index contributed by atoms with van der Waals surface area (Å²) in [6.07, 6.45) is 2.65. The molecule has 3 unspecified atom stereocenters. The van der Waals surface area contributed by atoms with Crippen molar-refractivity contribution in [2.45, 2.75) is 63.3 Å². The maximum atomic E-state index is 17.4. The summed E-state index contributed by atoms with van der Waals surface area (Å²) in [5.74, 6) is -1.30. The van der Waals surface area contributed by atoms with Crippen molar-refractivity contribution in [1.29, 1.82) is 0 Å². The molecule has 10 nitrogen and oxygen atoms in total. The van der Waals surface area contributed by atoms with Gasteiger partial charge >= 0.3 is 6.01 Å². The lowest BCUT2D eigenvalue weighted by atomic mass is 9.88. The second kappa shape index (κ2) is 14.6. The minimum Gasteiger partial charge on any atom is -0.508 e. The van der Waals surface area contributed by atoms with Crippen LogP contribution < -0.4 is 25.0 Å². The van der Waals surface area contributed by atoms with Crippen LogP contribution in [0.1, 0.15) is 38.2 Å². The smallest absolute Gasteiger partial charge is 0.319 e. The molecule has 6 heterocycles. The number of aryl methyl sites for hydroxylation is 1. The summed E-state index contributed by atoms with van der Waals surface area (Å²) in [7, 11) is 2.15. The molecular formula is C41H50F3N7O3. The highest BCUT2D eigenvalue weighted by molar-refractivity contribution is 6.05. The predicted octanol–water partition coefficient (Wildman–Crippen LogP) is 5.28. The molecule has 0 amide bonds. The van der Waals surface area contributed by atoms with E-state index in [2.05, 4.69) is 37.4 Å². The van der Waals surface area contributed by atoms with E-state index < -0.39 is 17.8 Å². The number of rotatable bonds is 7. The summed E-state index contributed by atoms with van der Waals surface area (Å²) in [6.45, 7) is 9.01. The number of alkyl halides is 1. The van der Waals surface area contributed by atoms with Gasteiger partial charge in [-0.2, -0.15) is 9.97 Å². The topological polar surface area (TPSA) is 98.3 Å². The van der Waals surface area contributed by atoms with Crippen LogP contribution in [-0.2, 0) is 6.42 Å². The van der Waals surface area contributed by atoms with Crippen LogP contribution in [0.4, 0.5) is 19.0 Å². The molecule has 2 bridgehead atoms. The van der Waals surface area contributed by atoms with Crippen LogP contribution in [0.25, 0.3) is 32.8 Å². The zero-order valence-corrected chi connectivity index (χ0v) is 31.1. The van der Waals surface area contributed by atoms with Crippen molar-refractivity contribution >= 4 is 27.5 Å². The molecule has 1 aromatic heterocycles. The normalized spacial score (nSPS) is 27.7. The van der Waals surface area contributed by atoms with Gasteiger partial charge in [-0.3, -0.25) is 0 Å². The summed E-state index contributed by atoms with van der Waals surface area (Å²) in [5.41, 5.74) is 0.713. The quantitative estimate of drug-likeness (QED) is 0.232. The number of piperazine rings is 2. The van der Waals surface area contributed by atoms with Crippen LogP contribution in [-0.4, -0.2) is 122 Å². The number of phenolic OH excluding ortho intramolecular Hbond substituents is 1. The number of ether oxygens (including phenoxy) is 2. The first-order chi connectivity index (χ1) is 26.2. The van der Waals surface area contributed by atoms with Crippen molar-refractivity contribution in [2.75, 3.05) is 77.5 Å². The number of benzene rings is 3. The largest absolute Gasteiger partial charge is 0.508 e. The Morgan fingerprint density at radius 1 is 1.00 bits per heavy atom. The Labute approximate surface area is 314 Å². The molecule has 5 aliphatic rings. The fourth-order valence-corrected chi connectivity index (χ4v) is 9.77. The number of aromatic hydroxyl groups is 1. The molecule has 4 saturated heterocycles. The van der Waals surface area contributed by atoms with Gasteiger partial charge in [0.2, 0.25) is 0 Å². The van der Waals surface area contributed by atoms with E-state index in [0.717, 1.165) is 64.1 Å². The Bertz CT molecular complexity index is 2050. The first kappa shape index (κ1) is 35.8. The monoisotopic (exact) mass is 745 g/mol. The number of fused-ring (bicyclic) bond motifs is 6.